The third-order valence-electron chi connectivity index (χ3n) is 4.00. The Morgan fingerprint density at radius 1 is 1.10 bits per heavy atom. The molecule has 0 aliphatic heterocycles. The number of hydrogen-bond acceptors (Lipinski definition) is 7. The Morgan fingerprint density at radius 3 is 2.43 bits per heavy atom. The number of rotatable bonds is 6. The van der Waals surface area contributed by atoms with Crippen LogP contribution in [-0.2, 0) is 26.7 Å². The number of nitrogens with zero attached hydrogens (tertiary/aromatic N) is 2. The molecule has 0 unspecified atom stereocenters. The van der Waals surface area contributed by atoms with E-state index in [4.69, 9.17) is 0 Å². The Balaban J connectivity index is 1.67. The molecule has 0 spiro atoms. The molecule has 2 N–H and O–H groups in total. The van der Waals surface area contributed by atoms with Crippen molar-refractivity contribution >= 4 is 50.2 Å². The highest BCUT2D eigenvalue weighted by atomic mass is 32.2. The first kappa shape index (κ1) is 21.5. The molecule has 0 bridgehead atoms. The molecular weight excluding hydrogens is 428 g/mol. The lowest BCUT2D eigenvalue weighted by atomic mass is 10.2. The Kier molecular flexibility index (Phi) is 6.22. The van der Waals surface area contributed by atoms with Crippen LogP contribution in [0.3, 0.4) is 0 Å². The Hall–Kier alpha value is -3.18. The second kappa shape index (κ2) is 8.67. The highest BCUT2D eigenvalue weighted by Crippen LogP contribution is 2.18. The standard InChI is InChI=1S/C19H18N4O5S2/c1-12(24)22-30(27,28)14-9-7-13(8-10-14)20-17(25)11-29-19-21-16-6-4-3-5-15(16)18(26)23(19)2/h3-10H,11H2,1-2H3,(H,20,25)(H,22,24). The number of sulfonamides is 1. The molecule has 0 atom stereocenters. The van der Waals surface area contributed by atoms with Crippen LogP contribution in [-0.4, -0.2) is 35.5 Å². The summed E-state index contributed by atoms with van der Waals surface area (Å²) in [5.41, 5.74) is 0.752. The average molecular weight is 447 g/mol. The van der Waals surface area contributed by atoms with Crippen molar-refractivity contribution in [2.45, 2.75) is 17.0 Å². The quantitative estimate of drug-likeness (QED) is 0.434. The van der Waals surface area contributed by atoms with E-state index in [1.54, 1.807) is 31.3 Å². The lowest BCUT2D eigenvalue weighted by Gasteiger charge is -2.09. The summed E-state index contributed by atoms with van der Waals surface area (Å²) < 4.78 is 27.1. The van der Waals surface area contributed by atoms with Gasteiger partial charge in [-0.15, -0.1) is 0 Å². The van der Waals surface area contributed by atoms with Crippen molar-refractivity contribution in [2.24, 2.45) is 7.05 Å². The maximum Gasteiger partial charge on any atom is 0.264 e. The molecular formula is C19H18N4O5S2. The van der Waals surface area contributed by atoms with Gasteiger partial charge in [0, 0.05) is 19.7 Å². The highest BCUT2D eigenvalue weighted by Gasteiger charge is 2.15. The fourth-order valence-corrected chi connectivity index (χ4v) is 4.38. The number of amides is 2. The number of thioether (sulfide) groups is 1. The van der Waals surface area contributed by atoms with Gasteiger partial charge in [-0.3, -0.25) is 19.0 Å². The minimum atomic E-state index is -3.93. The maximum atomic E-state index is 12.4. The van der Waals surface area contributed by atoms with Gasteiger partial charge in [-0.2, -0.15) is 0 Å². The maximum absolute atomic E-state index is 12.4. The van der Waals surface area contributed by atoms with Gasteiger partial charge < -0.3 is 5.32 Å². The zero-order chi connectivity index (χ0) is 21.9. The van der Waals surface area contributed by atoms with Crippen molar-refractivity contribution in [2.75, 3.05) is 11.1 Å². The lowest BCUT2D eigenvalue weighted by molar-refractivity contribution is -0.117. The monoisotopic (exact) mass is 446 g/mol. The molecule has 0 saturated carbocycles. The minimum absolute atomic E-state index is 0.00453. The van der Waals surface area contributed by atoms with Crippen LogP contribution in [0.2, 0.25) is 0 Å². The van der Waals surface area contributed by atoms with Crippen LogP contribution in [0.5, 0.6) is 0 Å². The molecule has 0 aliphatic rings. The fourth-order valence-electron chi connectivity index (χ4n) is 2.62. The fraction of sp³-hybridized carbons (Fsp3) is 0.158. The number of hydrogen-bond donors (Lipinski definition) is 2. The zero-order valence-electron chi connectivity index (χ0n) is 16.1. The SMILES string of the molecule is CC(=O)NS(=O)(=O)c1ccc(NC(=O)CSc2nc3ccccc3c(=O)n2C)cc1. The minimum Gasteiger partial charge on any atom is -0.325 e. The van der Waals surface area contributed by atoms with Gasteiger partial charge in [0.25, 0.3) is 15.6 Å². The van der Waals surface area contributed by atoms with E-state index in [9.17, 15) is 22.8 Å². The smallest absolute Gasteiger partial charge is 0.264 e. The zero-order valence-corrected chi connectivity index (χ0v) is 17.7. The van der Waals surface area contributed by atoms with Gasteiger partial charge in [-0.25, -0.2) is 18.1 Å². The number of benzene rings is 2. The van der Waals surface area contributed by atoms with E-state index in [1.165, 1.54) is 28.8 Å². The van der Waals surface area contributed by atoms with Crippen LogP contribution in [0.4, 0.5) is 5.69 Å². The molecule has 0 aliphatic carbocycles. The Bertz CT molecular complexity index is 1280. The van der Waals surface area contributed by atoms with E-state index >= 15 is 0 Å². The molecule has 156 valence electrons. The van der Waals surface area contributed by atoms with Gasteiger partial charge >= 0.3 is 0 Å². The molecule has 1 aromatic heterocycles. The molecule has 0 fully saturated rings. The molecule has 30 heavy (non-hydrogen) atoms. The normalized spacial score (nSPS) is 11.3. The topological polar surface area (TPSA) is 127 Å². The number of aromatic nitrogens is 2. The Morgan fingerprint density at radius 2 is 1.77 bits per heavy atom. The second-order valence-corrected chi connectivity index (χ2v) is 8.92. The number of anilines is 1. The van der Waals surface area contributed by atoms with Crippen LogP contribution in [0.25, 0.3) is 10.9 Å². The predicted octanol–water partition coefficient (Wildman–Crippen LogP) is 1.49. The van der Waals surface area contributed by atoms with E-state index < -0.39 is 15.9 Å². The molecule has 0 radical (unpaired) electrons. The van der Waals surface area contributed by atoms with Crippen LogP contribution < -0.4 is 15.6 Å². The number of para-hydroxylation sites is 1. The largest absolute Gasteiger partial charge is 0.325 e. The van der Waals surface area contributed by atoms with Crippen LogP contribution in [0, 0.1) is 0 Å². The third-order valence-corrected chi connectivity index (χ3v) is 6.48. The van der Waals surface area contributed by atoms with Crippen molar-refractivity contribution < 1.29 is 18.0 Å². The summed E-state index contributed by atoms with van der Waals surface area (Å²) in [6.45, 7) is 1.10. The van der Waals surface area contributed by atoms with Gasteiger partial charge in [0.15, 0.2) is 5.16 Å². The third kappa shape index (κ3) is 4.86. The van der Waals surface area contributed by atoms with Crippen LogP contribution >= 0.6 is 11.8 Å². The number of nitrogens with one attached hydrogen (secondary N) is 2. The number of carbonyl (C=O) groups is 2. The summed E-state index contributed by atoms with van der Waals surface area (Å²) >= 11 is 1.11. The van der Waals surface area contributed by atoms with Crippen LogP contribution in [0.15, 0.2) is 63.4 Å². The van der Waals surface area contributed by atoms with E-state index in [0.29, 0.717) is 21.7 Å². The van der Waals surface area contributed by atoms with E-state index in [1.807, 2.05) is 4.72 Å². The second-order valence-electron chi connectivity index (χ2n) is 6.30. The lowest BCUT2D eigenvalue weighted by Crippen LogP contribution is -2.28. The first-order valence-corrected chi connectivity index (χ1v) is 11.2. The first-order chi connectivity index (χ1) is 14.2. The van der Waals surface area contributed by atoms with Gasteiger partial charge in [-0.1, -0.05) is 23.9 Å². The summed E-state index contributed by atoms with van der Waals surface area (Å²) in [7, 11) is -2.34. The van der Waals surface area contributed by atoms with Crippen molar-refractivity contribution in [1.82, 2.24) is 14.3 Å². The number of carbonyl (C=O) groups excluding carboxylic acids is 2. The van der Waals surface area contributed by atoms with Crippen molar-refractivity contribution in [3.63, 3.8) is 0 Å². The number of fused-ring (bicyclic) bond motifs is 1. The summed E-state index contributed by atoms with van der Waals surface area (Å²) in [4.78, 5) is 39.9. The summed E-state index contributed by atoms with van der Waals surface area (Å²) in [5.74, 6) is -1.04. The predicted molar refractivity (Wildman–Crippen MR) is 114 cm³/mol. The molecule has 1 heterocycles. The summed E-state index contributed by atoms with van der Waals surface area (Å²) in [6.07, 6.45) is 0. The van der Waals surface area contributed by atoms with Gasteiger partial charge in [-0.05, 0) is 36.4 Å². The van der Waals surface area contributed by atoms with Crippen molar-refractivity contribution in [3.8, 4) is 0 Å². The molecule has 11 heteroatoms. The molecule has 2 aromatic carbocycles. The molecule has 9 nitrogen and oxygen atoms in total. The first-order valence-electron chi connectivity index (χ1n) is 8.69. The Labute approximate surface area is 176 Å². The summed E-state index contributed by atoms with van der Waals surface area (Å²) in [5, 5.41) is 3.56. The molecule has 3 rings (SSSR count). The van der Waals surface area contributed by atoms with Gasteiger partial charge in [0.2, 0.25) is 11.8 Å². The van der Waals surface area contributed by atoms with Crippen molar-refractivity contribution in [1.29, 1.82) is 0 Å². The molecule has 3 aromatic rings. The average Bonchev–Trinajstić information content (AvgIpc) is 2.69. The van der Waals surface area contributed by atoms with E-state index in [2.05, 4.69) is 10.3 Å². The summed E-state index contributed by atoms with van der Waals surface area (Å²) in [6, 6.07) is 12.4. The highest BCUT2D eigenvalue weighted by molar-refractivity contribution is 7.99. The van der Waals surface area contributed by atoms with Crippen LogP contribution in [0.1, 0.15) is 6.92 Å². The molecule has 0 saturated heterocycles. The van der Waals surface area contributed by atoms with Gasteiger partial charge in [0.05, 0.1) is 21.6 Å². The molecule has 2 amide bonds. The van der Waals surface area contributed by atoms with E-state index in [0.717, 1.165) is 18.7 Å². The van der Waals surface area contributed by atoms with Gasteiger partial charge in [0.1, 0.15) is 0 Å². The van der Waals surface area contributed by atoms with E-state index in [-0.39, 0.29) is 22.1 Å². The van der Waals surface area contributed by atoms with Crippen molar-refractivity contribution in [3.05, 3.63) is 58.9 Å².